The number of ketones is 1. The molecule has 1 aromatic carbocycles. The van der Waals surface area contributed by atoms with Crippen LogP contribution in [0.3, 0.4) is 0 Å². The summed E-state index contributed by atoms with van der Waals surface area (Å²) in [5.74, 6) is -2.54. The number of ether oxygens (including phenoxy) is 2. The summed E-state index contributed by atoms with van der Waals surface area (Å²) < 4.78 is 11.8. The minimum Gasteiger partial charge on any atom is -0.465 e. The Morgan fingerprint density at radius 1 is 1.20 bits per heavy atom. The molecule has 0 aromatic heterocycles. The van der Waals surface area contributed by atoms with Gasteiger partial charge >= 0.3 is 11.9 Å². The molecule has 3 aliphatic rings. The Kier molecular flexibility index (Phi) is 4.91. The van der Waals surface area contributed by atoms with Crippen molar-refractivity contribution in [3.8, 4) is 0 Å². The molecule has 0 radical (unpaired) electrons. The summed E-state index contributed by atoms with van der Waals surface area (Å²) in [5.41, 5.74) is -4.01. The zero-order chi connectivity index (χ0) is 22.1. The first-order valence-electron chi connectivity index (χ1n) is 10.0. The molecule has 0 amide bonds. The standard InChI is InChI=1S/C22H25BrO7/c1-11-15(24)8-21-9-16(25)29-10-20(11,3)22(21,28)18(26)17(12(21)2)30-19(27)13-4-6-14(23)7-5-13/h4-7,11-12,17-18,26,28H,8-10H2,1-3H3/t11-,12-,17+,18+,20?,21-,22+/m1/s1. The Morgan fingerprint density at radius 2 is 1.83 bits per heavy atom. The Hall–Kier alpha value is -1.77. The summed E-state index contributed by atoms with van der Waals surface area (Å²) in [5, 5.41) is 23.3. The van der Waals surface area contributed by atoms with E-state index in [9.17, 15) is 24.6 Å². The van der Waals surface area contributed by atoms with Gasteiger partial charge in [-0.25, -0.2) is 4.79 Å². The van der Waals surface area contributed by atoms with Gasteiger partial charge in [0.2, 0.25) is 0 Å². The average Bonchev–Trinajstić information content (AvgIpc) is 2.81. The molecule has 7 nitrogen and oxygen atoms in total. The summed E-state index contributed by atoms with van der Waals surface area (Å²) >= 11 is 3.31. The second kappa shape index (κ2) is 6.87. The van der Waals surface area contributed by atoms with Crippen LogP contribution in [0.4, 0.5) is 0 Å². The maximum absolute atomic E-state index is 12.9. The normalized spacial score (nSPS) is 42.9. The van der Waals surface area contributed by atoms with Gasteiger partial charge in [0.1, 0.15) is 30.2 Å². The van der Waals surface area contributed by atoms with Gasteiger partial charge in [-0.15, -0.1) is 0 Å². The monoisotopic (exact) mass is 480 g/mol. The molecule has 1 saturated heterocycles. The van der Waals surface area contributed by atoms with Crippen molar-refractivity contribution in [1.29, 1.82) is 0 Å². The van der Waals surface area contributed by atoms with E-state index in [4.69, 9.17) is 9.47 Å². The van der Waals surface area contributed by atoms with Gasteiger partial charge in [0.25, 0.3) is 0 Å². The van der Waals surface area contributed by atoms with Crippen LogP contribution in [0.2, 0.25) is 0 Å². The maximum Gasteiger partial charge on any atom is 0.338 e. The molecule has 2 bridgehead atoms. The molecule has 162 valence electrons. The molecule has 8 heteroatoms. The Balaban J connectivity index is 1.77. The summed E-state index contributed by atoms with van der Waals surface area (Å²) in [4.78, 5) is 38.1. The third-order valence-electron chi connectivity index (χ3n) is 7.98. The number of rotatable bonds is 2. The van der Waals surface area contributed by atoms with Gasteiger partial charge in [0.15, 0.2) is 0 Å². The minimum atomic E-state index is -1.83. The van der Waals surface area contributed by atoms with Crippen molar-refractivity contribution >= 4 is 33.7 Å². The van der Waals surface area contributed by atoms with Gasteiger partial charge in [-0.2, -0.15) is 0 Å². The molecule has 2 saturated carbocycles. The fraction of sp³-hybridized carbons (Fsp3) is 0.591. The average molecular weight is 481 g/mol. The summed E-state index contributed by atoms with van der Waals surface area (Å²) in [6, 6.07) is 6.58. The first-order chi connectivity index (χ1) is 14.0. The van der Waals surface area contributed by atoms with Crippen molar-refractivity contribution in [3.63, 3.8) is 0 Å². The number of Topliss-reactive ketones (excluding diaryl/α,β-unsaturated/α-hetero) is 1. The highest BCUT2D eigenvalue weighted by Crippen LogP contribution is 2.68. The number of carbonyl (C=O) groups excluding carboxylic acids is 3. The number of carbonyl (C=O) groups is 3. The predicted octanol–water partition coefficient (Wildman–Crippen LogP) is 2.26. The molecule has 1 unspecified atom stereocenters. The maximum atomic E-state index is 12.9. The van der Waals surface area contributed by atoms with Crippen molar-refractivity contribution in [2.75, 3.05) is 6.61 Å². The van der Waals surface area contributed by atoms with E-state index in [0.717, 1.165) is 4.47 Å². The Bertz CT molecular complexity index is 915. The molecule has 1 aliphatic heterocycles. The van der Waals surface area contributed by atoms with Crippen LogP contribution >= 0.6 is 15.9 Å². The lowest BCUT2D eigenvalue weighted by Gasteiger charge is -2.57. The molecule has 30 heavy (non-hydrogen) atoms. The number of esters is 2. The van der Waals surface area contributed by atoms with Gasteiger partial charge in [-0.1, -0.05) is 36.7 Å². The Morgan fingerprint density at radius 3 is 2.47 bits per heavy atom. The highest BCUT2D eigenvalue weighted by Gasteiger charge is 2.79. The number of cyclic esters (lactones) is 1. The zero-order valence-corrected chi connectivity index (χ0v) is 18.6. The molecule has 4 rings (SSSR count). The fourth-order valence-corrected chi connectivity index (χ4v) is 6.16. The topological polar surface area (TPSA) is 110 Å². The van der Waals surface area contributed by atoms with E-state index in [-0.39, 0.29) is 25.2 Å². The predicted molar refractivity (Wildman–Crippen MR) is 108 cm³/mol. The number of hydrogen-bond acceptors (Lipinski definition) is 7. The molecule has 1 heterocycles. The molecule has 3 fully saturated rings. The smallest absolute Gasteiger partial charge is 0.338 e. The number of benzene rings is 1. The van der Waals surface area contributed by atoms with Crippen LogP contribution in [0.15, 0.2) is 28.7 Å². The summed E-state index contributed by atoms with van der Waals surface area (Å²) in [6.45, 7) is 4.87. The van der Waals surface area contributed by atoms with Crippen LogP contribution in [0.1, 0.15) is 44.0 Å². The first-order valence-corrected chi connectivity index (χ1v) is 10.8. The van der Waals surface area contributed by atoms with Crippen LogP contribution in [0.5, 0.6) is 0 Å². The van der Waals surface area contributed by atoms with Gasteiger partial charge in [-0.3, -0.25) is 9.59 Å². The molecular formula is C22H25BrO7. The highest BCUT2D eigenvalue weighted by atomic mass is 79.9. The molecule has 1 aromatic rings. The Labute approximate surface area is 182 Å². The highest BCUT2D eigenvalue weighted by molar-refractivity contribution is 9.10. The molecule has 2 N–H and O–H groups in total. The summed E-state index contributed by atoms with van der Waals surface area (Å²) in [6.07, 6.45) is -2.85. The lowest BCUT2D eigenvalue weighted by molar-refractivity contribution is -0.238. The van der Waals surface area contributed by atoms with Crippen molar-refractivity contribution in [2.24, 2.45) is 22.7 Å². The van der Waals surface area contributed by atoms with Crippen LogP contribution in [-0.2, 0) is 19.1 Å². The van der Waals surface area contributed by atoms with Crippen LogP contribution < -0.4 is 0 Å². The van der Waals surface area contributed by atoms with E-state index in [2.05, 4.69) is 15.9 Å². The minimum absolute atomic E-state index is 0.0834. The zero-order valence-electron chi connectivity index (χ0n) is 17.1. The van der Waals surface area contributed by atoms with Crippen LogP contribution in [0, 0.1) is 22.7 Å². The number of hydrogen-bond donors (Lipinski definition) is 2. The first kappa shape index (κ1) is 21.5. The third kappa shape index (κ3) is 2.59. The van der Waals surface area contributed by atoms with Crippen LogP contribution in [-0.4, -0.2) is 52.4 Å². The molecule has 2 aliphatic carbocycles. The largest absolute Gasteiger partial charge is 0.465 e. The SMILES string of the molecule is C[C@@H]1C(=O)C[C@]23CC(=O)OCC1(C)[C@@]2(O)[C@@H](O)[C@@H](OC(=O)c1ccc(Br)cc1)[C@H]3C. The number of aliphatic hydroxyl groups excluding tert-OH is 1. The van der Waals surface area contributed by atoms with Gasteiger partial charge in [-0.05, 0) is 24.3 Å². The van der Waals surface area contributed by atoms with E-state index >= 15 is 0 Å². The number of halogens is 1. The van der Waals surface area contributed by atoms with E-state index in [0.29, 0.717) is 5.56 Å². The second-order valence-electron chi connectivity index (χ2n) is 9.15. The lowest BCUT2D eigenvalue weighted by atomic mass is 9.47. The van der Waals surface area contributed by atoms with E-state index in [1.54, 1.807) is 45.0 Å². The second-order valence-corrected chi connectivity index (χ2v) is 10.1. The van der Waals surface area contributed by atoms with Gasteiger partial charge in [0, 0.05) is 33.6 Å². The van der Waals surface area contributed by atoms with Crippen LogP contribution in [0.25, 0.3) is 0 Å². The van der Waals surface area contributed by atoms with Gasteiger partial charge in [0.05, 0.1) is 12.0 Å². The lowest BCUT2D eigenvalue weighted by Crippen LogP contribution is -2.69. The fourth-order valence-electron chi connectivity index (χ4n) is 5.90. The van der Waals surface area contributed by atoms with E-state index in [1.807, 2.05) is 0 Å². The van der Waals surface area contributed by atoms with Crippen molar-refractivity contribution in [1.82, 2.24) is 0 Å². The van der Waals surface area contributed by atoms with Gasteiger partial charge < -0.3 is 19.7 Å². The van der Waals surface area contributed by atoms with Crippen molar-refractivity contribution in [2.45, 2.75) is 51.4 Å². The van der Waals surface area contributed by atoms with E-state index < -0.39 is 52.4 Å². The van der Waals surface area contributed by atoms with Crippen molar-refractivity contribution < 1.29 is 34.1 Å². The molecule has 0 spiro atoms. The molecular weight excluding hydrogens is 456 g/mol. The molecule has 7 atom stereocenters. The third-order valence-corrected chi connectivity index (χ3v) is 8.51. The summed E-state index contributed by atoms with van der Waals surface area (Å²) in [7, 11) is 0. The van der Waals surface area contributed by atoms with E-state index in [1.165, 1.54) is 0 Å². The number of aliphatic hydroxyl groups is 2. The quantitative estimate of drug-likeness (QED) is 0.624. The van der Waals surface area contributed by atoms with Crippen molar-refractivity contribution in [3.05, 3.63) is 34.3 Å².